The molecule has 0 aliphatic heterocycles. The molecule has 0 aliphatic rings. The molecular weight excluding hydrogens is 252 g/mol. The Bertz CT molecular complexity index is 330. The molecule has 2 nitrogen and oxygen atoms in total. The predicted molar refractivity (Wildman–Crippen MR) is 77.1 cm³/mol. The molecule has 0 spiro atoms. The van der Waals surface area contributed by atoms with Gasteiger partial charge >= 0.3 is 0 Å². The second-order valence-corrected chi connectivity index (χ2v) is 6.61. The molecule has 0 aliphatic carbocycles. The SMILES string of the molecule is CCN(CCCCl)Cc1nc(C(C)(C)C)cs1. The summed E-state index contributed by atoms with van der Waals surface area (Å²) in [6.07, 6.45) is 1.05. The topological polar surface area (TPSA) is 16.1 Å². The molecule has 0 saturated heterocycles. The molecule has 98 valence electrons. The Hall–Kier alpha value is -0.120. The Morgan fingerprint density at radius 1 is 1.41 bits per heavy atom. The zero-order valence-electron chi connectivity index (χ0n) is 11.3. The van der Waals surface area contributed by atoms with Gasteiger partial charge in [-0.1, -0.05) is 27.7 Å². The third kappa shape index (κ3) is 4.94. The smallest absolute Gasteiger partial charge is 0.107 e. The van der Waals surface area contributed by atoms with Crippen LogP contribution in [-0.4, -0.2) is 28.9 Å². The highest BCUT2D eigenvalue weighted by molar-refractivity contribution is 7.09. The number of nitrogens with zero attached hydrogens (tertiary/aromatic N) is 2. The first-order chi connectivity index (χ1) is 7.97. The number of thiazole rings is 1. The molecule has 4 heteroatoms. The summed E-state index contributed by atoms with van der Waals surface area (Å²) in [7, 11) is 0. The average Bonchev–Trinajstić information content (AvgIpc) is 2.72. The summed E-state index contributed by atoms with van der Waals surface area (Å²) < 4.78 is 0. The number of hydrogen-bond donors (Lipinski definition) is 0. The average molecular weight is 275 g/mol. The van der Waals surface area contributed by atoms with Crippen LogP contribution >= 0.6 is 22.9 Å². The first-order valence-corrected chi connectivity index (χ1v) is 7.62. The summed E-state index contributed by atoms with van der Waals surface area (Å²) >= 11 is 7.50. The minimum atomic E-state index is 0.155. The third-order valence-electron chi connectivity index (χ3n) is 2.73. The van der Waals surface area contributed by atoms with Gasteiger partial charge in [-0.25, -0.2) is 4.98 Å². The van der Waals surface area contributed by atoms with E-state index in [9.17, 15) is 0 Å². The van der Waals surface area contributed by atoms with Crippen LogP contribution < -0.4 is 0 Å². The van der Waals surface area contributed by atoms with Crippen molar-refractivity contribution in [2.24, 2.45) is 0 Å². The summed E-state index contributed by atoms with van der Waals surface area (Å²) in [6.45, 7) is 11.9. The predicted octanol–water partition coefficient (Wildman–Crippen LogP) is 3.89. The molecule has 0 atom stereocenters. The maximum absolute atomic E-state index is 5.73. The molecule has 0 fully saturated rings. The molecule has 1 heterocycles. The van der Waals surface area contributed by atoms with Crippen molar-refractivity contribution in [1.29, 1.82) is 0 Å². The van der Waals surface area contributed by atoms with Gasteiger partial charge in [0.15, 0.2) is 0 Å². The molecule has 0 saturated carbocycles. The van der Waals surface area contributed by atoms with Gasteiger partial charge in [0.05, 0.1) is 12.2 Å². The van der Waals surface area contributed by atoms with Crippen molar-refractivity contribution in [3.8, 4) is 0 Å². The van der Waals surface area contributed by atoms with Crippen molar-refractivity contribution < 1.29 is 0 Å². The number of hydrogen-bond acceptors (Lipinski definition) is 3. The zero-order valence-corrected chi connectivity index (χ0v) is 12.9. The van der Waals surface area contributed by atoms with E-state index in [4.69, 9.17) is 16.6 Å². The number of alkyl halides is 1. The van der Waals surface area contributed by atoms with Crippen molar-refractivity contribution in [3.63, 3.8) is 0 Å². The maximum Gasteiger partial charge on any atom is 0.107 e. The standard InChI is InChI=1S/C13H23ClN2S/c1-5-16(8-6-7-14)9-12-15-11(10-17-12)13(2,3)4/h10H,5-9H2,1-4H3. The van der Waals surface area contributed by atoms with E-state index >= 15 is 0 Å². The molecule has 1 aromatic heterocycles. The van der Waals surface area contributed by atoms with Crippen LogP contribution in [0.5, 0.6) is 0 Å². The summed E-state index contributed by atoms with van der Waals surface area (Å²) in [5.41, 5.74) is 1.35. The van der Waals surface area contributed by atoms with E-state index in [1.165, 1.54) is 10.7 Å². The van der Waals surface area contributed by atoms with Crippen molar-refractivity contribution in [2.45, 2.75) is 46.1 Å². The Balaban J connectivity index is 2.58. The number of rotatable bonds is 6. The Morgan fingerprint density at radius 2 is 2.12 bits per heavy atom. The lowest BCUT2D eigenvalue weighted by atomic mass is 9.93. The summed E-state index contributed by atoms with van der Waals surface area (Å²) in [4.78, 5) is 7.12. The maximum atomic E-state index is 5.73. The fourth-order valence-electron chi connectivity index (χ4n) is 1.55. The molecule has 17 heavy (non-hydrogen) atoms. The second kappa shape index (κ2) is 6.72. The first-order valence-electron chi connectivity index (χ1n) is 6.20. The molecule has 0 unspecified atom stereocenters. The summed E-state index contributed by atoms with van der Waals surface area (Å²) in [5.74, 6) is 0.738. The number of halogens is 1. The molecule has 0 amide bonds. The summed E-state index contributed by atoms with van der Waals surface area (Å²) in [5, 5.41) is 3.40. The molecule has 0 radical (unpaired) electrons. The van der Waals surface area contributed by atoms with Crippen LogP contribution in [-0.2, 0) is 12.0 Å². The largest absolute Gasteiger partial charge is 0.297 e. The fraction of sp³-hybridized carbons (Fsp3) is 0.769. The van der Waals surface area contributed by atoms with Crippen molar-refractivity contribution in [1.82, 2.24) is 9.88 Å². The quantitative estimate of drug-likeness (QED) is 0.732. The van der Waals surface area contributed by atoms with E-state index in [0.717, 1.165) is 31.9 Å². The van der Waals surface area contributed by atoms with Crippen LogP contribution in [0.3, 0.4) is 0 Å². The Morgan fingerprint density at radius 3 is 2.59 bits per heavy atom. The van der Waals surface area contributed by atoms with Crippen LogP contribution in [0.25, 0.3) is 0 Å². The molecule has 0 N–H and O–H groups in total. The fourth-order valence-corrected chi connectivity index (χ4v) is 2.73. The molecule has 0 bridgehead atoms. The first kappa shape index (κ1) is 14.9. The van der Waals surface area contributed by atoms with E-state index in [-0.39, 0.29) is 5.41 Å². The minimum Gasteiger partial charge on any atom is -0.297 e. The van der Waals surface area contributed by atoms with Crippen LogP contribution in [0.4, 0.5) is 0 Å². The lowest BCUT2D eigenvalue weighted by Gasteiger charge is -2.18. The van der Waals surface area contributed by atoms with Crippen LogP contribution in [0, 0.1) is 0 Å². The van der Waals surface area contributed by atoms with Crippen molar-refractivity contribution in [2.75, 3.05) is 19.0 Å². The highest BCUT2D eigenvalue weighted by atomic mass is 35.5. The van der Waals surface area contributed by atoms with Gasteiger partial charge in [0.2, 0.25) is 0 Å². The number of aromatic nitrogens is 1. The molecular formula is C13H23ClN2S. The van der Waals surface area contributed by atoms with Crippen LogP contribution in [0.2, 0.25) is 0 Å². The minimum absolute atomic E-state index is 0.155. The summed E-state index contributed by atoms with van der Waals surface area (Å²) in [6, 6.07) is 0. The van der Waals surface area contributed by atoms with E-state index in [1.54, 1.807) is 11.3 Å². The highest BCUT2D eigenvalue weighted by Gasteiger charge is 2.17. The third-order valence-corrected chi connectivity index (χ3v) is 3.84. The van der Waals surface area contributed by atoms with Gasteiger partial charge in [0.25, 0.3) is 0 Å². The highest BCUT2D eigenvalue weighted by Crippen LogP contribution is 2.24. The van der Waals surface area contributed by atoms with Gasteiger partial charge in [-0.05, 0) is 19.5 Å². The zero-order chi connectivity index (χ0) is 12.9. The van der Waals surface area contributed by atoms with Crippen molar-refractivity contribution >= 4 is 22.9 Å². The van der Waals surface area contributed by atoms with E-state index in [2.05, 4.69) is 38.0 Å². The van der Waals surface area contributed by atoms with Crippen LogP contribution in [0.1, 0.15) is 44.8 Å². The lowest BCUT2D eigenvalue weighted by molar-refractivity contribution is 0.280. The molecule has 0 aromatic carbocycles. The lowest BCUT2D eigenvalue weighted by Crippen LogP contribution is -2.24. The normalized spacial score (nSPS) is 12.4. The van der Waals surface area contributed by atoms with E-state index < -0.39 is 0 Å². The Labute approximate surface area is 114 Å². The molecule has 1 aromatic rings. The van der Waals surface area contributed by atoms with Crippen molar-refractivity contribution in [3.05, 3.63) is 16.1 Å². The molecule has 1 rings (SSSR count). The monoisotopic (exact) mass is 274 g/mol. The van der Waals surface area contributed by atoms with Gasteiger partial charge in [0, 0.05) is 16.7 Å². The van der Waals surface area contributed by atoms with Gasteiger partial charge in [-0.2, -0.15) is 0 Å². The van der Waals surface area contributed by atoms with Gasteiger partial charge in [-0.15, -0.1) is 22.9 Å². The Kier molecular flexibility index (Phi) is 5.90. The van der Waals surface area contributed by atoms with Gasteiger partial charge < -0.3 is 0 Å². The van der Waals surface area contributed by atoms with Gasteiger partial charge in [0.1, 0.15) is 5.01 Å². The van der Waals surface area contributed by atoms with Crippen LogP contribution in [0.15, 0.2) is 5.38 Å². The van der Waals surface area contributed by atoms with E-state index in [0.29, 0.717) is 0 Å². The van der Waals surface area contributed by atoms with Gasteiger partial charge in [-0.3, -0.25) is 4.90 Å². The van der Waals surface area contributed by atoms with E-state index in [1.807, 2.05) is 0 Å². The second-order valence-electron chi connectivity index (χ2n) is 5.29.